The molecular formula is C20H34N4O3. The van der Waals surface area contributed by atoms with Crippen LogP contribution in [0.2, 0.25) is 0 Å². The molecule has 1 unspecified atom stereocenters. The quantitative estimate of drug-likeness (QED) is 0.683. The molecule has 1 amide bonds. The molecule has 7 nitrogen and oxygen atoms in total. The van der Waals surface area contributed by atoms with Gasteiger partial charge in [-0.3, -0.25) is 9.69 Å². The number of rotatable bonds is 9. The summed E-state index contributed by atoms with van der Waals surface area (Å²) >= 11 is 0. The molecule has 1 aliphatic heterocycles. The Hall–Kier alpha value is -1.70. The van der Waals surface area contributed by atoms with Crippen molar-refractivity contribution in [3.8, 4) is 0 Å². The lowest BCUT2D eigenvalue weighted by Crippen LogP contribution is -2.49. The van der Waals surface area contributed by atoms with Crippen LogP contribution in [-0.2, 0) is 9.53 Å². The number of piperazine rings is 1. The number of nitrogens with one attached hydrogen (secondary N) is 1. The van der Waals surface area contributed by atoms with Crippen LogP contribution in [0.5, 0.6) is 0 Å². The molecule has 0 radical (unpaired) electrons. The van der Waals surface area contributed by atoms with Crippen LogP contribution in [0.15, 0.2) is 18.3 Å². The highest BCUT2D eigenvalue weighted by atomic mass is 16.5. The number of hydrogen-bond donors (Lipinski definition) is 2. The highest BCUT2D eigenvalue weighted by molar-refractivity contribution is 5.91. The van der Waals surface area contributed by atoms with E-state index in [4.69, 9.17) is 4.74 Å². The summed E-state index contributed by atoms with van der Waals surface area (Å²) < 4.78 is 5.52. The van der Waals surface area contributed by atoms with Gasteiger partial charge in [-0.1, -0.05) is 27.7 Å². The predicted molar refractivity (Wildman–Crippen MR) is 108 cm³/mol. The second kappa shape index (κ2) is 10.6. The Balaban J connectivity index is 1.74. The van der Waals surface area contributed by atoms with E-state index in [-0.39, 0.29) is 11.8 Å². The highest BCUT2D eigenvalue weighted by Crippen LogP contribution is 2.17. The van der Waals surface area contributed by atoms with Crippen molar-refractivity contribution >= 4 is 17.4 Å². The van der Waals surface area contributed by atoms with E-state index >= 15 is 0 Å². The van der Waals surface area contributed by atoms with Crippen LogP contribution in [0.4, 0.5) is 11.5 Å². The van der Waals surface area contributed by atoms with Gasteiger partial charge in [-0.2, -0.15) is 0 Å². The van der Waals surface area contributed by atoms with Crippen LogP contribution in [0.1, 0.15) is 27.7 Å². The van der Waals surface area contributed by atoms with Gasteiger partial charge >= 0.3 is 0 Å². The van der Waals surface area contributed by atoms with Crippen molar-refractivity contribution in [3.63, 3.8) is 0 Å². The summed E-state index contributed by atoms with van der Waals surface area (Å²) in [5.74, 6) is 1.34. The van der Waals surface area contributed by atoms with E-state index < -0.39 is 6.10 Å². The number of aliphatic hydroxyl groups excluding tert-OH is 1. The van der Waals surface area contributed by atoms with Crippen molar-refractivity contribution in [1.82, 2.24) is 9.88 Å². The van der Waals surface area contributed by atoms with E-state index in [2.05, 4.69) is 33.9 Å². The maximum atomic E-state index is 11.7. The van der Waals surface area contributed by atoms with Crippen molar-refractivity contribution in [2.45, 2.75) is 33.8 Å². The van der Waals surface area contributed by atoms with Crippen molar-refractivity contribution in [1.29, 1.82) is 0 Å². The van der Waals surface area contributed by atoms with Gasteiger partial charge in [0.05, 0.1) is 24.6 Å². The zero-order valence-corrected chi connectivity index (χ0v) is 17.0. The van der Waals surface area contributed by atoms with Gasteiger partial charge in [0.1, 0.15) is 5.82 Å². The molecule has 0 aliphatic carbocycles. The first-order valence-corrected chi connectivity index (χ1v) is 9.85. The van der Waals surface area contributed by atoms with Crippen molar-refractivity contribution in [2.75, 3.05) is 56.2 Å². The summed E-state index contributed by atoms with van der Waals surface area (Å²) in [7, 11) is 0. The minimum Gasteiger partial charge on any atom is -0.389 e. The largest absolute Gasteiger partial charge is 0.389 e. The lowest BCUT2D eigenvalue weighted by molar-refractivity contribution is -0.118. The Kier molecular flexibility index (Phi) is 8.47. The summed E-state index contributed by atoms with van der Waals surface area (Å²) in [6, 6.07) is 3.84. The third-order valence-electron chi connectivity index (χ3n) is 4.47. The van der Waals surface area contributed by atoms with Gasteiger partial charge in [0.2, 0.25) is 5.91 Å². The molecule has 0 spiro atoms. The molecule has 0 saturated carbocycles. The van der Waals surface area contributed by atoms with Crippen molar-refractivity contribution in [3.05, 3.63) is 18.3 Å². The monoisotopic (exact) mass is 378 g/mol. The van der Waals surface area contributed by atoms with Gasteiger partial charge in [0.25, 0.3) is 0 Å². The van der Waals surface area contributed by atoms with Gasteiger partial charge < -0.3 is 20.1 Å². The lowest BCUT2D eigenvalue weighted by Gasteiger charge is -2.36. The normalized spacial score (nSPS) is 16.8. The number of aliphatic hydroxyl groups is 1. The highest BCUT2D eigenvalue weighted by Gasteiger charge is 2.20. The van der Waals surface area contributed by atoms with Crippen LogP contribution in [0.3, 0.4) is 0 Å². The van der Waals surface area contributed by atoms with Crippen LogP contribution >= 0.6 is 0 Å². The number of amides is 1. The van der Waals surface area contributed by atoms with Crippen LogP contribution in [-0.4, -0.2) is 72.9 Å². The SMILES string of the molecule is CC(C)COCC(O)CN1CCN(c2ccc(NC(=O)C(C)C)cn2)CC1. The fraction of sp³-hybridized carbons (Fsp3) is 0.700. The van der Waals surface area contributed by atoms with Crippen LogP contribution in [0, 0.1) is 11.8 Å². The summed E-state index contributed by atoms with van der Waals surface area (Å²) in [6.45, 7) is 13.1. The Labute approximate surface area is 162 Å². The number of aromatic nitrogens is 1. The smallest absolute Gasteiger partial charge is 0.226 e. The number of carbonyl (C=O) groups excluding carboxylic acids is 1. The second-order valence-corrected chi connectivity index (χ2v) is 7.92. The molecule has 1 aliphatic rings. The van der Waals surface area contributed by atoms with Crippen molar-refractivity contribution in [2.24, 2.45) is 11.8 Å². The third kappa shape index (κ3) is 7.44. The van der Waals surface area contributed by atoms with E-state index in [9.17, 15) is 9.90 Å². The maximum Gasteiger partial charge on any atom is 0.226 e. The average molecular weight is 379 g/mol. The first-order valence-electron chi connectivity index (χ1n) is 9.85. The first kappa shape index (κ1) is 21.6. The molecule has 0 bridgehead atoms. The van der Waals surface area contributed by atoms with Crippen LogP contribution < -0.4 is 10.2 Å². The zero-order chi connectivity index (χ0) is 19.8. The Morgan fingerprint density at radius 2 is 1.89 bits per heavy atom. The molecule has 2 N–H and O–H groups in total. The number of β-amino-alcohol motifs (C(OH)–C–C–N with tert-alkyl or cyclic N) is 1. The molecule has 1 saturated heterocycles. The molecule has 1 aromatic rings. The Morgan fingerprint density at radius 1 is 1.19 bits per heavy atom. The summed E-state index contributed by atoms with van der Waals surface area (Å²) in [5, 5.41) is 13.0. The first-order chi connectivity index (χ1) is 12.8. The van der Waals surface area contributed by atoms with E-state index in [1.54, 1.807) is 6.20 Å². The number of nitrogens with zero attached hydrogens (tertiary/aromatic N) is 3. The molecule has 152 valence electrons. The van der Waals surface area contributed by atoms with E-state index in [0.29, 0.717) is 25.7 Å². The predicted octanol–water partition coefficient (Wildman–Crippen LogP) is 1.83. The second-order valence-electron chi connectivity index (χ2n) is 7.92. The van der Waals surface area contributed by atoms with E-state index in [0.717, 1.165) is 37.7 Å². The Bertz CT molecular complexity index is 569. The fourth-order valence-electron chi connectivity index (χ4n) is 2.88. The molecule has 2 rings (SSSR count). The summed E-state index contributed by atoms with van der Waals surface area (Å²) in [6.07, 6.45) is 1.26. The maximum absolute atomic E-state index is 11.7. The van der Waals surface area contributed by atoms with Gasteiger partial charge in [-0.25, -0.2) is 4.98 Å². The standard InChI is InChI=1S/C20H34N4O3/c1-15(2)13-27-14-18(25)12-23-7-9-24(10-8-23)19-6-5-17(11-21-19)22-20(26)16(3)4/h5-6,11,15-16,18,25H,7-10,12-14H2,1-4H3,(H,22,26). The van der Waals surface area contributed by atoms with E-state index in [1.807, 2.05) is 26.0 Å². The molecule has 2 heterocycles. The van der Waals surface area contributed by atoms with Gasteiger partial charge in [0, 0.05) is 45.2 Å². The topological polar surface area (TPSA) is 77.9 Å². The number of pyridine rings is 1. The number of carbonyl (C=O) groups is 1. The zero-order valence-electron chi connectivity index (χ0n) is 17.0. The molecule has 27 heavy (non-hydrogen) atoms. The molecule has 1 fully saturated rings. The fourth-order valence-corrected chi connectivity index (χ4v) is 2.88. The van der Waals surface area contributed by atoms with Gasteiger partial charge in [-0.15, -0.1) is 0 Å². The molecule has 1 aromatic heterocycles. The number of ether oxygens (including phenoxy) is 1. The summed E-state index contributed by atoms with van der Waals surface area (Å²) in [5.41, 5.74) is 0.723. The lowest BCUT2D eigenvalue weighted by atomic mass is 10.2. The average Bonchev–Trinajstić information content (AvgIpc) is 2.62. The van der Waals surface area contributed by atoms with Crippen molar-refractivity contribution < 1.29 is 14.6 Å². The van der Waals surface area contributed by atoms with E-state index in [1.165, 1.54) is 0 Å². The minimum absolute atomic E-state index is 0.00547. The third-order valence-corrected chi connectivity index (χ3v) is 4.47. The van der Waals surface area contributed by atoms with Gasteiger partial charge in [-0.05, 0) is 18.1 Å². The molecule has 0 aromatic carbocycles. The Morgan fingerprint density at radius 3 is 2.44 bits per heavy atom. The van der Waals surface area contributed by atoms with Crippen LogP contribution in [0.25, 0.3) is 0 Å². The minimum atomic E-state index is -0.447. The van der Waals surface area contributed by atoms with Gasteiger partial charge in [0.15, 0.2) is 0 Å². The number of anilines is 2. The molecule has 1 atom stereocenters. The molecule has 7 heteroatoms. The molecular weight excluding hydrogens is 344 g/mol. The number of hydrogen-bond acceptors (Lipinski definition) is 6. The summed E-state index contributed by atoms with van der Waals surface area (Å²) in [4.78, 5) is 20.7.